The van der Waals surface area contributed by atoms with Crippen LogP contribution in [0.3, 0.4) is 0 Å². The summed E-state index contributed by atoms with van der Waals surface area (Å²) in [6.45, 7) is 6.70. The molecule has 5 rings (SSSR count). The Bertz CT molecular complexity index is 1290. The Hall–Kier alpha value is -3.80. The summed E-state index contributed by atoms with van der Waals surface area (Å²) in [5.74, 6) is 1.16. The Morgan fingerprint density at radius 2 is 1.73 bits per heavy atom. The van der Waals surface area contributed by atoms with E-state index in [2.05, 4.69) is 48.7 Å². The third kappa shape index (κ3) is 5.33. The van der Waals surface area contributed by atoms with Crippen LogP contribution in [0, 0.1) is 0 Å². The molecule has 0 radical (unpaired) electrons. The summed E-state index contributed by atoms with van der Waals surface area (Å²) in [5, 5.41) is 5.83. The molecule has 192 valence electrons. The lowest BCUT2D eigenvalue weighted by molar-refractivity contribution is -0.141. The molecule has 3 amide bonds. The molecule has 37 heavy (non-hydrogen) atoms. The number of carbonyl (C=O) groups is 2. The Labute approximate surface area is 219 Å². The monoisotopic (exact) mass is 497 g/mol. The second-order valence-electron chi connectivity index (χ2n) is 10.3. The van der Waals surface area contributed by atoms with E-state index in [4.69, 9.17) is 4.74 Å². The van der Waals surface area contributed by atoms with Crippen molar-refractivity contribution in [2.24, 2.45) is 0 Å². The lowest BCUT2D eigenvalue weighted by atomic mass is 9.86. The van der Waals surface area contributed by atoms with Gasteiger partial charge in [0.15, 0.2) is 6.10 Å². The summed E-state index contributed by atoms with van der Waals surface area (Å²) >= 11 is 0. The maximum absolute atomic E-state index is 13.6. The number of carbonyl (C=O) groups excluding carboxylic acids is 2. The molecule has 2 aliphatic rings. The fourth-order valence-corrected chi connectivity index (χ4v) is 5.36. The minimum atomic E-state index is -0.522. The summed E-state index contributed by atoms with van der Waals surface area (Å²) < 4.78 is 6.19. The first-order chi connectivity index (χ1) is 17.9. The summed E-state index contributed by atoms with van der Waals surface area (Å²) in [6.07, 6.45) is 3.11. The van der Waals surface area contributed by atoms with Gasteiger partial charge in [-0.1, -0.05) is 57.2 Å². The molecule has 0 saturated heterocycles. The highest BCUT2D eigenvalue weighted by Gasteiger charge is 2.36. The molecule has 0 fully saturated rings. The minimum absolute atomic E-state index is 0.0229. The van der Waals surface area contributed by atoms with Gasteiger partial charge in [0, 0.05) is 16.9 Å². The van der Waals surface area contributed by atoms with Crippen LogP contribution in [0.1, 0.15) is 74.2 Å². The van der Waals surface area contributed by atoms with E-state index in [9.17, 15) is 9.59 Å². The van der Waals surface area contributed by atoms with Crippen LogP contribution in [-0.2, 0) is 17.8 Å². The van der Waals surface area contributed by atoms with E-state index in [0.717, 1.165) is 30.5 Å². The van der Waals surface area contributed by atoms with Crippen LogP contribution in [0.5, 0.6) is 5.75 Å². The molecule has 1 aliphatic carbocycles. The first-order valence-corrected chi connectivity index (χ1v) is 13.3. The maximum Gasteiger partial charge on any atom is 0.323 e. The fourth-order valence-electron chi connectivity index (χ4n) is 5.36. The molecule has 1 aliphatic heterocycles. The Morgan fingerprint density at radius 1 is 1.00 bits per heavy atom. The number of anilines is 2. The van der Waals surface area contributed by atoms with Crippen molar-refractivity contribution >= 4 is 23.3 Å². The molecule has 0 unspecified atom stereocenters. The lowest BCUT2D eigenvalue weighted by Crippen LogP contribution is -2.42. The van der Waals surface area contributed by atoms with E-state index in [-0.39, 0.29) is 18.0 Å². The SMILES string of the molecule is CC[C@H]1Oc2ccc(NC(=O)Nc3ccc(C(C)C)cc3)cc2CN([C@@H]2CCCc3ccccc32)C1=O. The number of aryl methyl sites for hydroxylation is 1. The number of nitrogens with zero attached hydrogens (tertiary/aromatic N) is 1. The van der Waals surface area contributed by atoms with Crippen LogP contribution in [-0.4, -0.2) is 22.9 Å². The number of amides is 3. The molecule has 3 aromatic carbocycles. The van der Waals surface area contributed by atoms with E-state index in [0.29, 0.717) is 30.3 Å². The van der Waals surface area contributed by atoms with Crippen molar-refractivity contribution in [2.75, 3.05) is 10.6 Å². The lowest BCUT2D eigenvalue weighted by Gasteiger charge is -2.36. The summed E-state index contributed by atoms with van der Waals surface area (Å²) in [7, 11) is 0. The van der Waals surface area contributed by atoms with Gasteiger partial charge in [0.25, 0.3) is 5.91 Å². The molecule has 2 atom stereocenters. The zero-order valence-electron chi connectivity index (χ0n) is 21.8. The van der Waals surface area contributed by atoms with E-state index in [1.165, 1.54) is 16.7 Å². The Kier molecular flexibility index (Phi) is 7.17. The van der Waals surface area contributed by atoms with E-state index in [1.807, 2.05) is 54.3 Å². The Morgan fingerprint density at radius 3 is 2.49 bits per heavy atom. The molecule has 0 aromatic heterocycles. The van der Waals surface area contributed by atoms with Gasteiger partial charge >= 0.3 is 6.03 Å². The number of ether oxygens (including phenoxy) is 1. The van der Waals surface area contributed by atoms with Crippen LogP contribution in [0.25, 0.3) is 0 Å². The number of hydrogen-bond acceptors (Lipinski definition) is 3. The zero-order valence-corrected chi connectivity index (χ0v) is 21.8. The maximum atomic E-state index is 13.6. The van der Waals surface area contributed by atoms with Crippen molar-refractivity contribution < 1.29 is 14.3 Å². The molecular weight excluding hydrogens is 462 g/mol. The van der Waals surface area contributed by atoms with Crippen molar-refractivity contribution in [3.05, 3.63) is 89.0 Å². The molecule has 0 spiro atoms. The van der Waals surface area contributed by atoms with Gasteiger partial charge in [0.2, 0.25) is 0 Å². The third-order valence-electron chi connectivity index (χ3n) is 7.41. The summed E-state index contributed by atoms with van der Waals surface area (Å²) in [6, 6.07) is 21.6. The molecule has 3 aromatic rings. The molecule has 6 heteroatoms. The van der Waals surface area contributed by atoms with Crippen LogP contribution in [0.15, 0.2) is 66.7 Å². The number of rotatable bonds is 5. The van der Waals surface area contributed by atoms with Crippen molar-refractivity contribution in [1.29, 1.82) is 0 Å². The molecular formula is C31H35N3O3. The van der Waals surface area contributed by atoms with Crippen LogP contribution in [0.4, 0.5) is 16.2 Å². The van der Waals surface area contributed by atoms with E-state index < -0.39 is 6.10 Å². The number of nitrogens with one attached hydrogen (secondary N) is 2. The Balaban J connectivity index is 1.37. The van der Waals surface area contributed by atoms with E-state index >= 15 is 0 Å². The highest BCUT2D eigenvalue weighted by atomic mass is 16.5. The highest BCUT2D eigenvalue weighted by molar-refractivity contribution is 5.99. The molecule has 0 bridgehead atoms. The minimum Gasteiger partial charge on any atom is -0.480 e. The van der Waals surface area contributed by atoms with E-state index in [1.54, 1.807) is 0 Å². The largest absolute Gasteiger partial charge is 0.480 e. The van der Waals surface area contributed by atoms with Gasteiger partial charge in [-0.15, -0.1) is 0 Å². The molecule has 1 heterocycles. The predicted octanol–water partition coefficient (Wildman–Crippen LogP) is 7.03. The summed E-state index contributed by atoms with van der Waals surface area (Å²) in [4.78, 5) is 28.3. The van der Waals surface area contributed by atoms with Crippen molar-refractivity contribution in [3.8, 4) is 5.75 Å². The van der Waals surface area contributed by atoms with Crippen LogP contribution >= 0.6 is 0 Å². The predicted molar refractivity (Wildman–Crippen MR) is 147 cm³/mol. The zero-order chi connectivity index (χ0) is 25.9. The number of urea groups is 1. The smallest absolute Gasteiger partial charge is 0.323 e. The van der Waals surface area contributed by atoms with Gasteiger partial charge in [-0.2, -0.15) is 0 Å². The normalized spacial score (nSPS) is 18.9. The highest BCUT2D eigenvalue weighted by Crippen LogP contribution is 2.39. The summed E-state index contributed by atoms with van der Waals surface area (Å²) in [5.41, 5.74) is 6.06. The van der Waals surface area contributed by atoms with Crippen molar-refractivity contribution in [1.82, 2.24) is 4.90 Å². The molecule has 6 nitrogen and oxygen atoms in total. The number of hydrogen-bond donors (Lipinski definition) is 2. The second-order valence-corrected chi connectivity index (χ2v) is 10.3. The quantitative estimate of drug-likeness (QED) is 0.397. The average molecular weight is 498 g/mol. The van der Waals surface area contributed by atoms with Gasteiger partial charge in [-0.25, -0.2) is 4.79 Å². The van der Waals surface area contributed by atoms with Crippen LogP contribution < -0.4 is 15.4 Å². The average Bonchev–Trinajstić information content (AvgIpc) is 3.04. The van der Waals surface area contributed by atoms with Crippen molar-refractivity contribution in [3.63, 3.8) is 0 Å². The van der Waals surface area contributed by atoms with Gasteiger partial charge in [0.05, 0.1) is 12.6 Å². The molecule has 0 saturated carbocycles. The van der Waals surface area contributed by atoms with Gasteiger partial charge in [-0.3, -0.25) is 4.79 Å². The second kappa shape index (κ2) is 10.7. The number of benzene rings is 3. The standard InChI is InChI=1S/C31H35N3O3/c1-4-28-30(35)34(27-11-7-9-22-8-5-6-10-26(22)27)19-23-18-25(16-17-29(23)37-28)33-31(36)32-24-14-12-21(13-15-24)20(2)3/h5-6,8,10,12-18,20,27-28H,4,7,9,11,19H2,1-3H3,(H2,32,33,36)/t27-,28-/m1/s1. The first-order valence-electron chi connectivity index (χ1n) is 13.3. The van der Waals surface area contributed by atoms with Crippen LogP contribution in [0.2, 0.25) is 0 Å². The molecule has 2 N–H and O–H groups in total. The third-order valence-corrected chi connectivity index (χ3v) is 7.41. The van der Waals surface area contributed by atoms with Gasteiger partial charge in [0.1, 0.15) is 5.75 Å². The fraction of sp³-hybridized carbons (Fsp3) is 0.355. The first kappa shape index (κ1) is 24.9. The topological polar surface area (TPSA) is 70.7 Å². The van der Waals surface area contributed by atoms with Crippen molar-refractivity contribution in [2.45, 2.75) is 71.1 Å². The van der Waals surface area contributed by atoms with Gasteiger partial charge < -0.3 is 20.3 Å². The van der Waals surface area contributed by atoms with Gasteiger partial charge in [-0.05, 0) is 78.6 Å². The number of fused-ring (bicyclic) bond motifs is 2.